The van der Waals surface area contributed by atoms with Crippen LogP contribution < -0.4 is 10.6 Å². The van der Waals surface area contributed by atoms with Crippen molar-refractivity contribution in [2.24, 2.45) is 0 Å². The van der Waals surface area contributed by atoms with Gasteiger partial charge >= 0.3 is 6.03 Å². The van der Waals surface area contributed by atoms with E-state index in [-0.39, 0.29) is 5.69 Å². The zero-order valence-corrected chi connectivity index (χ0v) is 11.0. The van der Waals surface area contributed by atoms with Crippen LogP contribution >= 0.6 is 0 Å². The summed E-state index contributed by atoms with van der Waals surface area (Å²) in [6.45, 7) is 4.95. The van der Waals surface area contributed by atoms with Gasteiger partial charge in [-0.05, 0) is 32.9 Å². The number of rotatable bonds is 4. The van der Waals surface area contributed by atoms with Crippen molar-refractivity contribution in [1.29, 1.82) is 0 Å². The van der Waals surface area contributed by atoms with Crippen LogP contribution in [0.2, 0.25) is 0 Å². The number of non-ortho nitro benzene ring substituents is 1. The van der Waals surface area contributed by atoms with Crippen molar-refractivity contribution < 1.29 is 14.8 Å². The predicted octanol–water partition coefficient (Wildman–Crippen LogP) is 1.88. The zero-order chi connectivity index (χ0) is 14.6. The van der Waals surface area contributed by atoms with Gasteiger partial charge in [-0.3, -0.25) is 10.1 Å². The van der Waals surface area contributed by atoms with Crippen LogP contribution in [0.3, 0.4) is 0 Å². The third-order valence-electron chi connectivity index (χ3n) is 2.82. The van der Waals surface area contributed by atoms with E-state index in [1.165, 1.54) is 24.3 Å². The second-order valence-electron chi connectivity index (χ2n) is 4.78. The van der Waals surface area contributed by atoms with Gasteiger partial charge in [0, 0.05) is 17.8 Å². The molecule has 19 heavy (non-hydrogen) atoms. The van der Waals surface area contributed by atoms with E-state index in [0.29, 0.717) is 5.69 Å². The minimum absolute atomic E-state index is 0.0460. The van der Waals surface area contributed by atoms with Crippen molar-refractivity contribution >= 4 is 17.4 Å². The lowest BCUT2D eigenvalue weighted by atomic mass is 9.99. The van der Waals surface area contributed by atoms with Gasteiger partial charge in [-0.1, -0.05) is 0 Å². The number of carbonyl (C=O) groups excluding carboxylic acids is 1. The van der Waals surface area contributed by atoms with Crippen LogP contribution in [-0.4, -0.2) is 27.7 Å². The number of amides is 2. The summed E-state index contributed by atoms with van der Waals surface area (Å²) in [5.41, 5.74) is -0.384. The number of nitrogens with one attached hydrogen (secondary N) is 2. The van der Waals surface area contributed by atoms with Gasteiger partial charge in [0.05, 0.1) is 16.6 Å². The number of nitrogens with zero attached hydrogens (tertiary/aromatic N) is 1. The molecule has 1 aromatic rings. The molecule has 0 saturated heterocycles. The number of nitro benzene ring substituents is 1. The summed E-state index contributed by atoms with van der Waals surface area (Å²) in [6, 6.07) is 4.99. The first-order valence-corrected chi connectivity index (χ1v) is 5.74. The molecule has 1 atom stereocenters. The molecule has 7 heteroatoms. The monoisotopic (exact) mass is 267 g/mol. The molecule has 1 rings (SSSR count). The number of anilines is 1. The maximum Gasteiger partial charge on any atom is 0.319 e. The summed E-state index contributed by atoms with van der Waals surface area (Å²) in [7, 11) is 0. The maximum absolute atomic E-state index is 11.7. The lowest BCUT2D eigenvalue weighted by Crippen LogP contribution is -2.52. The van der Waals surface area contributed by atoms with E-state index >= 15 is 0 Å². The fourth-order valence-electron chi connectivity index (χ4n) is 1.23. The molecule has 1 aromatic carbocycles. The lowest BCUT2D eigenvalue weighted by Gasteiger charge is -2.29. The van der Waals surface area contributed by atoms with Gasteiger partial charge in [-0.25, -0.2) is 4.79 Å². The van der Waals surface area contributed by atoms with Gasteiger partial charge in [-0.2, -0.15) is 0 Å². The molecule has 104 valence electrons. The summed E-state index contributed by atoms with van der Waals surface area (Å²) in [4.78, 5) is 21.6. The highest BCUT2D eigenvalue weighted by molar-refractivity contribution is 5.89. The minimum Gasteiger partial charge on any atom is -0.391 e. The number of aliphatic hydroxyl groups is 1. The van der Waals surface area contributed by atoms with Gasteiger partial charge in [0.1, 0.15) is 0 Å². The van der Waals surface area contributed by atoms with Crippen molar-refractivity contribution in [3.8, 4) is 0 Å². The van der Waals surface area contributed by atoms with Crippen LogP contribution in [0.5, 0.6) is 0 Å². The van der Waals surface area contributed by atoms with E-state index in [1.54, 1.807) is 20.8 Å². The Morgan fingerprint density at radius 3 is 2.32 bits per heavy atom. The Kier molecular flexibility index (Phi) is 4.44. The third kappa shape index (κ3) is 4.22. The van der Waals surface area contributed by atoms with Gasteiger partial charge in [0.25, 0.3) is 5.69 Å². The molecule has 0 aliphatic heterocycles. The lowest BCUT2D eigenvalue weighted by molar-refractivity contribution is -0.384. The molecule has 0 saturated carbocycles. The van der Waals surface area contributed by atoms with E-state index in [1.807, 2.05) is 0 Å². The molecular weight excluding hydrogens is 250 g/mol. The Morgan fingerprint density at radius 2 is 1.89 bits per heavy atom. The van der Waals surface area contributed by atoms with E-state index in [0.717, 1.165) is 0 Å². The first-order chi connectivity index (χ1) is 8.72. The Labute approximate surface area is 110 Å². The second kappa shape index (κ2) is 5.66. The number of hydrogen-bond donors (Lipinski definition) is 3. The Morgan fingerprint density at radius 1 is 1.37 bits per heavy atom. The molecule has 0 heterocycles. The minimum atomic E-state index is -0.773. The standard InChI is InChI=1S/C12H17N3O4/c1-8(16)12(2,3)14-11(17)13-9-4-6-10(7-5-9)15(18)19/h4-8,16H,1-3H3,(H2,13,14,17). The van der Waals surface area contributed by atoms with Crippen molar-refractivity contribution in [2.45, 2.75) is 32.4 Å². The van der Waals surface area contributed by atoms with Crippen LogP contribution in [0.1, 0.15) is 20.8 Å². The highest BCUT2D eigenvalue weighted by Crippen LogP contribution is 2.15. The number of hydrogen-bond acceptors (Lipinski definition) is 4. The Bertz CT molecular complexity index is 468. The van der Waals surface area contributed by atoms with Gasteiger partial charge in [-0.15, -0.1) is 0 Å². The van der Waals surface area contributed by atoms with Crippen molar-refractivity contribution in [1.82, 2.24) is 5.32 Å². The molecule has 0 aromatic heterocycles. The fraction of sp³-hybridized carbons (Fsp3) is 0.417. The maximum atomic E-state index is 11.7. The second-order valence-corrected chi connectivity index (χ2v) is 4.78. The van der Waals surface area contributed by atoms with Crippen molar-refractivity contribution in [3.05, 3.63) is 34.4 Å². The normalized spacial score (nSPS) is 12.6. The molecule has 0 fully saturated rings. The van der Waals surface area contributed by atoms with Gasteiger partial charge in [0.15, 0.2) is 0 Å². The van der Waals surface area contributed by atoms with Crippen LogP contribution in [0.4, 0.5) is 16.2 Å². The molecule has 0 aliphatic carbocycles. The van der Waals surface area contributed by atoms with Crippen molar-refractivity contribution in [3.63, 3.8) is 0 Å². The van der Waals surface area contributed by atoms with E-state index in [9.17, 15) is 20.0 Å². The number of aliphatic hydroxyl groups excluding tert-OH is 1. The van der Waals surface area contributed by atoms with E-state index in [4.69, 9.17) is 0 Å². The predicted molar refractivity (Wildman–Crippen MR) is 71.0 cm³/mol. The van der Waals surface area contributed by atoms with E-state index in [2.05, 4.69) is 10.6 Å². The molecule has 7 nitrogen and oxygen atoms in total. The van der Waals surface area contributed by atoms with Crippen LogP contribution in [0.15, 0.2) is 24.3 Å². The molecule has 3 N–H and O–H groups in total. The molecule has 0 spiro atoms. The number of urea groups is 1. The average Bonchev–Trinajstić information content (AvgIpc) is 2.28. The van der Waals surface area contributed by atoms with E-state index < -0.39 is 22.6 Å². The molecule has 0 radical (unpaired) electrons. The number of nitro groups is 1. The van der Waals surface area contributed by atoms with Crippen LogP contribution in [0, 0.1) is 10.1 Å². The highest BCUT2D eigenvalue weighted by atomic mass is 16.6. The van der Waals surface area contributed by atoms with Crippen molar-refractivity contribution in [2.75, 3.05) is 5.32 Å². The fourth-order valence-corrected chi connectivity index (χ4v) is 1.23. The first-order valence-electron chi connectivity index (χ1n) is 5.74. The topological polar surface area (TPSA) is 104 Å². The van der Waals surface area contributed by atoms with Gasteiger partial charge in [0.2, 0.25) is 0 Å². The summed E-state index contributed by atoms with van der Waals surface area (Å²) in [6.07, 6.45) is -0.713. The largest absolute Gasteiger partial charge is 0.391 e. The SMILES string of the molecule is CC(O)C(C)(C)NC(=O)Nc1ccc([N+](=O)[O-])cc1. The summed E-state index contributed by atoms with van der Waals surface area (Å²) < 4.78 is 0. The zero-order valence-electron chi connectivity index (χ0n) is 11.0. The summed E-state index contributed by atoms with van der Waals surface area (Å²) >= 11 is 0. The molecule has 0 aliphatic rings. The highest BCUT2D eigenvalue weighted by Gasteiger charge is 2.25. The summed E-state index contributed by atoms with van der Waals surface area (Å²) in [5.74, 6) is 0. The number of carbonyl (C=O) groups is 1. The Hall–Kier alpha value is -2.15. The van der Waals surface area contributed by atoms with Crippen LogP contribution in [0.25, 0.3) is 0 Å². The van der Waals surface area contributed by atoms with Crippen LogP contribution in [-0.2, 0) is 0 Å². The summed E-state index contributed by atoms with van der Waals surface area (Å²) in [5, 5.41) is 25.1. The van der Waals surface area contributed by atoms with Gasteiger partial charge < -0.3 is 15.7 Å². The third-order valence-corrected chi connectivity index (χ3v) is 2.82. The average molecular weight is 267 g/mol. The smallest absolute Gasteiger partial charge is 0.319 e. The first kappa shape index (κ1) is 14.9. The molecule has 0 bridgehead atoms. The molecular formula is C12H17N3O4. The quantitative estimate of drug-likeness (QED) is 0.572. The number of benzene rings is 1. The Balaban J connectivity index is 2.65. The molecule has 2 amide bonds. The molecule has 1 unspecified atom stereocenters.